The predicted octanol–water partition coefficient (Wildman–Crippen LogP) is 3.39. The second kappa shape index (κ2) is 10.7. The van der Waals surface area contributed by atoms with Crippen molar-refractivity contribution < 1.29 is 11.0 Å². The number of hydrogen-bond donors (Lipinski definition) is 1. The molecule has 0 aromatic rings. The topological polar surface area (TPSA) is 52.7 Å². The molecule has 1 saturated heterocycles. The Morgan fingerprint density at radius 3 is 2.62 bits per heavy atom. The Bertz CT molecular complexity index is 539. The summed E-state index contributed by atoms with van der Waals surface area (Å²) >= 11 is 5.50. The molecule has 5 nitrogen and oxygen atoms in total. The molecule has 0 saturated carbocycles. The number of likely N-dealkylation sites (N-methyl/N-ethyl adjacent to an activating group) is 1. The first-order chi connectivity index (χ1) is 12.2. The maximum atomic E-state index is 13.2. The first kappa shape index (κ1) is 22.6. The van der Waals surface area contributed by atoms with Crippen molar-refractivity contribution in [3.8, 4) is 0 Å². The lowest BCUT2D eigenvalue weighted by molar-refractivity contribution is -0.140. The Labute approximate surface area is 165 Å². The quantitative estimate of drug-likeness (QED) is 0.376. The van der Waals surface area contributed by atoms with E-state index in [9.17, 15) is 9.59 Å². The summed E-state index contributed by atoms with van der Waals surface area (Å²) in [6.45, 7) is 13.4. The summed E-state index contributed by atoms with van der Waals surface area (Å²) < 4.78 is 0. The van der Waals surface area contributed by atoms with Gasteiger partial charge in [0.05, 0.1) is 6.04 Å². The van der Waals surface area contributed by atoms with E-state index in [1.807, 2.05) is 4.90 Å². The molecule has 1 aliphatic rings. The van der Waals surface area contributed by atoms with Crippen LogP contribution in [0.2, 0.25) is 0 Å². The maximum absolute atomic E-state index is 13.2. The van der Waals surface area contributed by atoms with Gasteiger partial charge in [-0.05, 0) is 56.3 Å². The zero-order chi connectivity index (χ0) is 19.9. The Balaban J connectivity index is 0.00000676. The van der Waals surface area contributed by atoms with Gasteiger partial charge in [-0.1, -0.05) is 33.8 Å². The highest BCUT2D eigenvalue weighted by atomic mass is 32.1. The molecule has 1 N–H and O–H groups in total. The molecule has 1 rings (SSSR count). The van der Waals surface area contributed by atoms with Gasteiger partial charge >= 0.3 is 0 Å². The van der Waals surface area contributed by atoms with Crippen LogP contribution in [0.25, 0.3) is 0 Å². The van der Waals surface area contributed by atoms with Crippen molar-refractivity contribution in [2.75, 3.05) is 20.1 Å². The molecule has 2 atom stereocenters. The van der Waals surface area contributed by atoms with Crippen molar-refractivity contribution in [1.82, 2.24) is 15.1 Å². The molecular formula is C20H37N3O2S. The first-order valence-corrected chi connectivity index (χ1v) is 10.1. The van der Waals surface area contributed by atoms with E-state index in [1.165, 1.54) is 0 Å². The number of ketones is 1. The van der Waals surface area contributed by atoms with Gasteiger partial charge in [0.2, 0.25) is 5.91 Å². The normalized spacial score (nSPS) is 17.9. The van der Waals surface area contributed by atoms with Crippen LogP contribution in [0.1, 0.15) is 61.2 Å². The minimum Gasteiger partial charge on any atom is -0.363 e. The standard InChI is InChI=1S/C20H35N3O2S.H2/c1-7-8-11-21-20(26)23-12-9-10-16(23)19(25)22(6)17(13-14(2)3)18(24)15(4)5;/h14,16-17H,4,7-13H2,1-3,5-6H3,(H,21,26);1H/t16-,17+;/m0./s1. The SMILES string of the molecule is C=C(C)C(=O)[C@@H](CC(C)C)N(C)C(=O)[C@@H]1CCCN1C(=S)NCCCC.[HH]. The van der Waals surface area contributed by atoms with E-state index in [-0.39, 0.29) is 19.2 Å². The van der Waals surface area contributed by atoms with Gasteiger partial charge in [-0.15, -0.1) is 0 Å². The zero-order valence-corrected chi connectivity index (χ0v) is 17.8. The third kappa shape index (κ3) is 6.08. The number of hydrogen-bond acceptors (Lipinski definition) is 3. The van der Waals surface area contributed by atoms with Crippen molar-refractivity contribution in [3.05, 3.63) is 12.2 Å². The van der Waals surface area contributed by atoms with E-state index in [0.29, 0.717) is 23.0 Å². The van der Waals surface area contributed by atoms with Crippen molar-refractivity contribution in [3.63, 3.8) is 0 Å². The highest BCUT2D eigenvalue weighted by Crippen LogP contribution is 2.22. The largest absolute Gasteiger partial charge is 0.363 e. The Kier molecular flexibility index (Phi) is 9.27. The highest BCUT2D eigenvalue weighted by molar-refractivity contribution is 7.80. The van der Waals surface area contributed by atoms with Crippen LogP contribution in [0.5, 0.6) is 0 Å². The number of thiocarbonyl (C=S) groups is 1. The van der Waals surface area contributed by atoms with Gasteiger partial charge in [-0.25, -0.2) is 0 Å². The second-order valence-corrected chi connectivity index (χ2v) is 8.06. The minimum absolute atomic E-state index is 0. The van der Waals surface area contributed by atoms with E-state index in [4.69, 9.17) is 12.2 Å². The predicted molar refractivity (Wildman–Crippen MR) is 113 cm³/mol. The average molecular weight is 384 g/mol. The zero-order valence-electron chi connectivity index (χ0n) is 17.0. The minimum atomic E-state index is -0.455. The fourth-order valence-corrected chi connectivity index (χ4v) is 3.62. The third-order valence-corrected chi connectivity index (χ3v) is 5.22. The molecule has 6 heteroatoms. The molecule has 1 amide bonds. The average Bonchev–Trinajstić information content (AvgIpc) is 3.07. The molecule has 26 heavy (non-hydrogen) atoms. The molecule has 1 fully saturated rings. The monoisotopic (exact) mass is 383 g/mol. The summed E-state index contributed by atoms with van der Waals surface area (Å²) in [7, 11) is 1.74. The number of carbonyl (C=O) groups excluding carboxylic acids is 2. The molecule has 150 valence electrons. The molecule has 0 radical (unpaired) electrons. The van der Waals surface area contributed by atoms with E-state index in [2.05, 4.69) is 32.7 Å². The van der Waals surface area contributed by atoms with Gasteiger partial charge in [0, 0.05) is 21.6 Å². The van der Waals surface area contributed by atoms with Crippen molar-refractivity contribution in [1.29, 1.82) is 0 Å². The van der Waals surface area contributed by atoms with Crippen LogP contribution in [-0.4, -0.2) is 58.8 Å². The first-order valence-electron chi connectivity index (χ1n) is 9.71. The molecule has 1 heterocycles. The van der Waals surface area contributed by atoms with Gasteiger partial charge in [-0.2, -0.15) is 0 Å². The molecule has 0 aromatic heterocycles. The summed E-state index contributed by atoms with van der Waals surface area (Å²) in [4.78, 5) is 29.3. The van der Waals surface area contributed by atoms with Crippen LogP contribution in [0.15, 0.2) is 12.2 Å². The summed E-state index contributed by atoms with van der Waals surface area (Å²) in [5, 5.41) is 3.90. The van der Waals surface area contributed by atoms with Crippen molar-refractivity contribution in [2.45, 2.75) is 71.9 Å². The van der Waals surface area contributed by atoms with Crippen molar-refractivity contribution in [2.24, 2.45) is 5.92 Å². The summed E-state index contributed by atoms with van der Waals surface area (Å²) in [6, 6.07) is -0.738. The fraction of sp³-hybridized carbons (Fsp3) is 0.750. The summed E-state index contributed by atoms with van der Waals surface area (Å²) in [5.74, 6) is 0.236. The van der Waals surface area contributed by atoms with Crippen LogP contribution < -0.4 is 5.32 Å². The number of nitrogens with one attached hydrogen (secondary N) is 1. The van der Waals surface area contributed by atoms with E-state index in [0.717, 1.165) is 38.8 Å². The second-order valence-electron chi connectivity index (χ2n) is 7.68. The van der Waals surface area contributed by atoms with E-state index in [1.54, 1.807) is 18.9 Å². The maximum Gasteiger partial charge on any atom is 0.245 e. The summed E-state index contributed by atoms with van der Waals surface area (Å²) in [5.41, 5.74) is 0.496. The number of nitrogens with zero attached hydrogens (tertiary/aromatic N) is 2. The molecular weight excluding hydrogens is 346 g/mol. The van der Waals surface area contributed by atoms with Crippen LogP contribution in [-0.2, 0) is 9.59 Å². The van der Waals surface area contributed by atoms with Gasteiger partial charge in [0.15, 0.2) is 10.9 Å². The third-order valence-electron chi connectivity index (χ3n) is 4.84. The molecule has 0 unspecified atom stereocenters. The molecule has 1 aliphatic heterocycles. The number of rotatable bonds is 9. The Morgan fingerprint density at radius 1 is 1.42 bits per heavy atom. The molecule has 0 bridgehead atoms. The highest BCUT2D eigenvalue weighted by Gasteiger charge is 2.37. The van der Waals surface area contributed by atoms with Gasteiger partial charge < -0.3 is 15.1 Å². The Morgan fingerprint density at radius 2 is 2.08 bits per heavy atom. The smallest absolute Gasteiger partial charge is 0.245 e. The van der Waals surface area contributed by atoms with Crippen LogP contribution in [0, 0.1) is 5.92 Å². The summed E-state index contributed by atoms with van der Waals surface area (Å²) in [6.07, 6.45) is 4.49. The van der Waals surface area contributed by atoms with Crippen LogP contribution in [0.4, 0.5) is 0 Å². The number of likely N-dealkylation sites (tertiary alicyclic amines) is 1. The van der Waals surface area contributed by atoms with Gasteiger partial charge in [-0.3, -0.25) is 9.59 Å². The Hall–Kier alpha value is -1.43. The molecule has 0 aromatic carbocycles. The van der Waals surface area contributed by atoms with Crippen LogP contribution >= 0.6 is 12.2 Å². The molecule has 0 aliphatic carbocycles. The lowest BCUT2D eigenvalue weighted by Gasteiger charge is -2.34. The van der Waals surface area contributed by atoms with E-state index < -0.39 is 6.04 Å². The van der Waals surface area contributed by atoms with Gasteiger partial charge in [0.25, 0.3) is 0 Å². The lowest BCUT2D eigenvalue weighted by Crippen LogP contribution is -2.53. The molecule has 0 spiro atoms. The van der Waals surface area contributed by atoms with E-state index >= 15 is 0 Å². The van der Waals surface area contributed by atoms with Crippen LogP contribution in [0.3, 0.4) is 0 Å². The number of Topliss-reactive ketones (excluding diaryl/α,β-unsaturated/α-hetero) is 1. The number of amides is 1. The van der Waals surface area contributed by atoms with Gasteiger partial charge in [0.1, 0.15) is 6.04 Å². The lowest BCUT2D eigenvalue weighted by atomic mass is 9.95. The number of carbonyl (C=O) groups is 2. The van der Waals surface area contributed by atoms with Crippen molar-refractivity contribution >= 4 is 29.0 Å². The fourth-order valence-electron chi connectivity index (χ4n) is 3.30. The number of unbranched alkanes of at least 4 members (excludes halogenated alkanes) is 1.